The lowest BCUT2D eigenvalue weighted by atomic mass is 10.1. The lowest BCUT2D eigenvalue weighted by Gasteiger charge is -1.99. The Balaban J connectivity index is 2.73. The second kappa shape index (κ2) is 3.14. The summed E-state index contributed by atoms with van der Waals surface area (Å²) in [6.45, 7) is 1.99. The molecule has 14 heavy (non-hydrogen) atoms. The number of rotatable bonds is 2. The second-order valence-electron chi connectivity index (χ2n) is 3.15. The Morgan fingerprint density at radius 2 is 2.29 bits per heavy atom. The summed E-state index contributed by atoms with van der Waals surface area (Å²) in [5.74, 6) is 0. The van der Waals surface area contributed by atoms with E-state index in [1.54, 1.807) is 18.3 Å². The fraction of sp³-hybridized carbons (Fsp3) is 0.200. The van der Waals surface area contributed by atoms with Gasteiger partial charge in [-0.25, -0.2) is 0 Å². The van der Waals surface area contributed by atoms with E-state index in [1.165, 1.54) is 0 Å². The summed E-state index contributed by atoms with van der Waals surface area (Å²) in [5.41, 5.74) is 1.99. The molecule has 1 aromatic carbocycles. The van der Waals surface area contributed by atoms with Gasteiger partial charge in [0.2, 0.25) is 0 Å². The van der Waals surface area contributed by atoms with Crippen molar-refractivity contribution in [2.24, 2.45) is 0 Å². The van der Waals surface area contributed by atoms with Crippen molar-refractivity contribution in [2.45, 2.75) is 13.3 Å². The van der Waals surface area contributed by atoms with Gasteiger partial charge in [-0.15, -0.1) is 0 Å². The van der Waals surface area contributed by atoms with Crippen LogP contribution in [0.2, 0.25) is 0 Å². The van der Waals surface area contributed by atoms with Crippen LogP contribution < -0.4 is 0 Å². The van der Waals surface area contributed by atoms with E-state index in [4.69, 9.17) is 0 Å². The number of H-pyrrole nitrogens is 1. The number of benzene rings is 1. The van der Waals surface area contributed by atoms with Gasteiger partial charge in [-0.05, 0) is 18.1 Å². The van der Waals surface area contributed by atoms with Crippen molar-refractivity contribution in [1.29, 1.82) is 0 Å². The highest BCUT2D eigenvalue weighted by atomic mass is 16.6. The lowest BCUT2D eigenvalue weighted by molar-refractivity contribution is -0.384. The molecule has 4 heteroatoms. The number of aromatic amines is 1. The van der Waals surface area contributed by atoms with Crippen LogP contribution in [0.4, 0.5) is 5.69 Å². The summed E-state index contributed by atoms with van der Waals surface area (Å²) in [5, 5.41) is 11.7. The predicted octanol–water partition coefficient (Wildman–Crippen LogP) is 2.64. The quantitative estimate of drug-likeness (QED) is 0.584. The van der Waals surface area contributed by atoms with Gasteiger partial charge in [0, 0.05) is 23.7 Å². The molecule has 0 saturated heterocycles. The van der Waals surface area contributed by atoms with Gasteiger partial charge in [0.15, 0.2) is 0 Å². The Morgan fingerprint density at radius 3 is 2.93 bits per heavy atom. The van der Waals surface area contributed by atoms with Crippen LogP contribution in [0.1, 0.15) is 12.5 Å². The minimum atomic E-state index is -0.362. The zero-order chi connectivity index (χ0) is 10.1. The van der Waals surface area contributed by atoms with Crippen LogP contribution in [0.3, 0.4) is 0 Å². The molecule has 1 N–H and O–H groups in total. The Hall–Kier alpha value is -1.84. The van der Waals surface area contributed by atoms with Crippen LogP contribution in [0.25, 0.3) is 10.9 Å². The molecule has 0 bridgehead atoms. The Labute approximate surface area is 80.7 Å². The zero-order valence-corrected chi connectivity index (χ0v) is 7.78. The molecule has 0 fully saturated rings. The van der Waals surface area contributed by atoms with Gasteiger partial charge >= 0.3 is 0 Å². The molecule has 1 heterocycles. The fourth-order valence-corrected chi connectivity index (χ4v) is 1.63. The van der Waals surface area contributed by atoms with Crippen LogP contribution >= 0.6 is 0 Å². The van der Waals surface area contributed by atoms with Gasteiger partial charge in [0.1, 0.15) is 0 Å². The number of hydrogen-bond acceptors (Lipinski definition) is 2. The molecule has 72 valence electrons. The van der Waals surface area contributed by atoms with Crippen LogP contribution in [-0.4, -0.2) is 9.91 Å². The van der Waals surface area contributed by atoms with Crippen LogP contribution in [0.5, 0.6) is 0 Å². The molecule has 2 aromatic rings. The highest BCUT2D eigenvalue weighted by molar-refractivity contribution is 5.85. The number of non-ortho nitro benzene ring substituents is 1. The summed E-state index contributed by atoms with van der Waals surface area (Å²) in [4.78, 5) is 13.2. The average molecular weight is 190 g/mol. The molecule has 0 aliphatic heterocycles. The van der Waals surface area contributed by atoms with Gasteiger partial charge < -0.3 is 4.98 Å². The van der Waals surface area contributed by atoms with E-state index in [0.29, 0.717) is 0 Å². The Kier molecular flexibility index (Phi) is 1.96. The number of nitrogens with zero attached hydrogens (tertiary/aromatic N) is 1. The maximum Gasteiger partial charge on any atom is 0.271 e. The summed E-state index contributed by atoms with van der Waals surface area (Å²) >= 11 is 0. The number of hydrogen-bond donors (Lipinski definition) is 1. The monoisotopic (exact) mass is 190 g/mol. The summed E-state index contributed by atoms with van der Waals surface area (Å²) in [6, 6.07) is 5.14. The molecule has 0 unspecified atom stereocenters. The first-order valence-corrected chi connectivity index (χ1v) is 4.46. The van der Waals surface area contributed by atoms with E-state index in [-0.39, 0.29) is 10.6 Å². The van der Waals surface area contributed by atoms with Crippen molar-refractivity contribution in [1.82, 2.24) is 4.98 Å². The first-order chi connectivity index (χ1) is 6.72. The molecular formula is C10H10N2O2. The molecule has 2 rings (SSSR count). The molecule has 4 nitrogen and oxygen atoms in total. The van der Waals surface area contributed by atoms with E-state index in [2.05, 4.69) is 4.98 Å². The molecule has 0 radical (unpaired) electrons. The average Bonchev–Trinajstić information content (AvgIpc) is 2.63. The Bertz CT molecular complexity index is 488. The highest BCUT2D eigenvalue weighted by Crippen LogP contribution is 2.24. The molecule has 0 spiro atoms. The summed E-state index contributed by atoms with van der Waals surface area (Å²) < 4.78 is 0. The zero-order valence-electron chi connectivity index (χ0n) is 7.78. The van der Waals surface area contributed by atoms with E-state index in [1.807, 2.05) is 13.0 Å². The molecular weight excluding hydrogens is 180 g/mol. The SMILES string of the molecule is CCc1cc([N+](=O)[O-])cc2[nH]ccc12. The highest BCUT2D eigenvalue weighted by Gasteiger charge is 2.10. The van der Waals surface area contributed by atoms with E-state index in [0.717, 1.165) is 22.9 Å². The molecule has 0 amide bonds. The topological polar surface area (TPSA) is 58.9 Å². The van der Waals surface area contributed by atoms with Crippen molar-refractivity contribution in [2.75, 3.05) is 0 Å². The third-order valence-electron chi connectivity index (χ3n) is 2.33. The van der Waals surface area contributed by atoms with E-state index < -0.39 is 0 Å². The number of nitro groups is 1. The maximum absolute atomic E-state index is 10.6. The molecule has 0 aliphatic rings. The molecule has 0 saturated carbocycles. The van der Waals surface area contributed by atoms with E-state index in [9.17, 15) is 10.1 Å². The summed E-state index contributed by atoms with van der Waals surface area (Å²) in [6.07, 6.45) is 2.60. The smallest absolute Gasteiger partial charge is 0.271 e. The minimum Gasteiger partial charge on any atom is -0.361 e. The first kappa shape index (κ1) is 8.74. The standard InChI is InChI=1S/C10H10N2O2/c1-2-7-5-8(12(13)14)6-10-9(7)3-4-11-10/h3-6,11H,2H2,1H3. The van der Waals surface area contributed by atoms with Crippen LogP contribution in [0, 0.1) is 10.1 Å². The van der Waals surface area contributed by atoms with Crippen molar-refractivity contribution in [3.8, 4) is 0 Å². The second-order valence-corrected chi connectivity index (χ2v) is 3.15. The van der Waals surface area contributed by atoms with Crippen LogP contribution in [-0.2, 0) is 6.42 Å². The maximum atomic E-state index is 10.6. The van der Waals surface area contributed by atoms with Crippen LogP contribution in [0.15, 0.2) is 24.4 Å². The predicted molar refractivity (Wildman–Crippen MR) is 54.3 cm³/mol. The lowest BCUT2D eigenvalue weighted by Crippen LogP contribution is -1.90. The fourth-order valence-electron chi connectivity index (χ4n) is 1.63. The minimum absolute atomic E-state index is 0.150. The summed E-state index contributed by atoms with van der Waals surface area (Å²) in [7, 11) is 0. The largest absolute Gasteiger partial charge is 0.361 e. The molecule has 0 atom stereocenters. The molecule has 1 aromatic heterocycles. The van der Waals surface area contributed by atoms with E-state index >= 15 is 0 Å². The van der Waals surface area contributed by atoms with Gasteiger partial charge in [-0.1, -0.05) is 6.92 Å². The van der Waals surface area contributed by atoms with Crippen molar-refractivity contribution >= 4 is 16.6 Å². The van der Waals surface area contributed by atoms with Crippen molar-refractivity contribution in [3.05, 3.63) is 40.1 Å². The van der Waals surface area contributed by atoms with Gasteiger partial charge in [-0.3, -0.25) is 10.1 Å². The number of fused-ring (bicyclic) bond motifs is 1. The number of aromatic nitrogens is 1. The van der Waals surface area contributed by atoms with Crippen molar-refractivity contribution in [3.63, 3.8) is 0 Å². The third-order valence-corrected chi connectivity index (χ3v) is 2.33. The van der Waals surface area contributed by atoms with Gasteiger partial charge in [0.25, 0.3) is 5.69 Å². The van der Waals surface area contributed by atoms with Gasteiger partial charge in [0.05, 0.1) is 10.4 Å². The van der Waals surface area contributed by atoms with Crippen molar-refractivity contribution < 1.29 is 4.92 Å². The van der Waals surface area contributed by atoms with Gasteiger partial charge in [-0.2, -0.15) is 0 Å². The normalized spacial score (nSPS) is 10.6. The Morgan fingerprint density at radius 1 is 1.50 bits per heavy atom. The third kappa shape index (κ3) is 1.25. The number of nitrogens with one attached hydrogen (secondary N) is 1. The number of nitro benzene ring substituents is 1. The first-order valence-electron chi connectivity index (χ1n) is 4.46. The number of aryl methyl sites for hydroxylation is 1. The molecule has 0 aliphatic carbocycles.